The number of alkyl halides is 3. The lowest BCUT2D eigenvalue weighted by Crippen LogP contribution is -2.48. The maximum atomic E-state index is 12.8. The number of hydrogen-bond acceptors (Lipinski definition) is 3. The second kappa shape index (κ2) is 5.13. The van der Waals surface area contributed by atoms with Crippen molar-refractivity contribution in [2.75, 3.05) is 26.3 Å². The van der Waals surface area contributed by atoms with Crippen molar-refractivity contribution in [1.82, 2.24) is 4.90 Å². The zero-order valence-corrected chi connectivity index (χ0v) is 9.79. The van der Waals surface area contributed by atoms with Gasteiger partial charge in [0.1, 0.15) is 6.61 Å². The average molecular weight is 269 g/mol. The number of halogens is 3. The zero-order chi connectivity index (χ0) is 14.0. The third-order valence-corrected chi connectivity index (χ3v) is 3.00. The molecule has 0 radical (unpaired) electrons. The number of carbonyl (C=O) groups is 2. The van der Waals surface area contributed by atoms with Crippen molar-refractivity contribution < 1.29 is 32.6 Å². The topological polar surface area (TPSA) is 66.8 Å². The van der Waals surface area contributed by atoms with E-state index in [1.54, 1.807) is 6.92 Å². The predicted molar refractivity (Wildman–Crippen MR) is 53.8 cm³/mol. The van der Waals surface area contributed by atoms with E-state index in [0.29, 0.717) is 0 Å². The third kappa shape index (κ3) is 2.58. The second-order valence-corrected chi connectivity index (χ2v) is 4.09. The molecule has 1 aliphatic heterocycles. The lowest BCUT2D eigenvalue weighted by atomic mass is 9.86. The van der Waals surface area contributed by atoms with Crippen LogP contribution in [0.3, 0.4) is 0 Å². The predicted octanol–water partition coefficient (Wildman–Crippen LogP) is 0.889. The number of carbonyl (C=O) groups excluding carboxylic acids is 1. The van der Waals surface area contributed by atoms with Gasteiger partial charge >= 0.3 is 12.1 Å². The summed E-state index contributed by atoms with van der Waals surface area (Å²) in [6, 6.07) is 0. The van der Waals surface area contributed by atoms with Crippen molar-refractivity contribution >= 4 is 11.9 Å². The third-order valence-electron chi connectivity index (χ3n) is 3.00. The van der Waals surface area contributed by atoms with Gasteiger partial charge in [0.05, 0.1) is 0 Å². The number of hydrogen-bond donors (Lipinski definition) is 1. The molecule has 1 saturated heterocycles. The van der Waals surface area contributed by atoms with Gasteiger partial charge in [-0.25, -0.2) is 0 Å². The number of amides is 1. The molecule has 1 unspecified atom stereocenters. The summed E-state index contributed by atoms with van der Waals surface area (Å²) in [7, 11) is 0. The summed E-state index contributed by atoms with van der Waals surface area (Å²) in [6.07, 6.45) is -5.50. The van der Waals surface area contributed by atoms with E-state index in [-0.39, 0.29) is 19.8 Å². The van der Waals surface area contributed by atoms with E-state index >= 15 is 0 Å². The molecular formula is C10H14F3NO4. The molecule has 0 bridgehead atoms. The van der Waals surface area contributed by atoms with Crippen molar-refractivity contribution in [2.24, 2.45) is 5.41 Å². The molecule has 104 valence electrons. The van der Waals surface area contributed by atoms with Crippen molar-refractivity contribution in [3.63, 3.8) is 0 Å². The first kappa shape index (κ1) is 14.7. The number of carboxylic acids is 1. The number of ether oxygens (including phenoxy) is 1. The van der Waals surface area contributed by atoms with Gasteiger partial charge in [-0.05, 0) is 13.3 Å². The molecule has 1 fully saturated rings. The molecule has 0 spiro atoms. The molecule has 0 aromatic carbocycles. The summed E-state index contributed by atoms with van der Waals surface area (Å²) >= 11 is 0. The van der Waals surface area contributed by atoms with Gasteiger partial charge in [0, 0.05) is 19.7 Å². The molecule has 0 aliphatic carbocycles. The van der Waals surface area contributed by atoms with E-state index in [1.807, 2.05) is 0 Å². The van der Waals surface area contributed by atoms with E-state index in [9.17, 15) is 22.8 Å². The fourth-order valence-electron chi connectivity index (χ4n) is 1.83. The Hall–Kier alpha value is -1.31. The van der Waals surface area contributed by atoms with Gasteiger partial charge in [-0.3, -0.25) is 9.59 Å². The molecule has 1 rings (SSSR count). The Morgan fingerprint density at radius 3 is 2.44 bits per heavy atom. The van der Waals surface area contributed by atoms with E-state index in [4.69, 9.17) is 9.84 Å². The average Bonchev–Trinajstić information content (AvgIpc) is 2.71. The molecule has 0 saturated carbocycles. The maximum Gasteiger partial charge on any atom is 0.406 e. The fraction of sp³-hybridized carbons (Fsp3) is 0.800. The van der Waals surface area contributed by atoms with Crippen LogP contribution >= 0.6 is 0 Å². The van der Waals surface area contributed by atoms with Crippen LogP contribution in [0.5, 0.6) is 0 Å². The minimum absolute atomic E-state index is 0.224. The summed E-state index contributed by atoms with van der Waals surface area (Å²) in [5, 5.41) is 8.79. The minimum atomic E-state index is -4.88. The number of carboxylic acid groups (broad SMARTS) is 1. The van der Waals surface area contributed by atoms with Gasteiger partial charge in [-0.1, -0.05) is 0 Å². The summed E-state index contributed by atoms with van der Waals surface area (Å²) in [4.78, 5) is 23.2. The minimum Gasteiger partial charge on any atom is -0.481 e. The Balaban J connectivity index is 2.79. The van der Waals surface area contributed by atoms with Crippen LogP contribution in [0.4, 0.5) is 13.2 Å². The molecule has 1 amide bonds. The Labute approximate surface area is 102 Å². The Kier molecular flexibility index (Phi) is 4.20. The van der Waals surface area contributed by atoms with E-state index in [2.05, 4.69) is 0 Å². The normalized spacial score (nSPS) is 24.3. The van der Waals surface area contributed by atoms with E-state index in [0.717, 1.165) is 4.90 Å². The first-order valence-electron chi connectivity index (χ1n) is 5.40. The van der Waals surface area contributed by atoms with Crippen LogP contribution in [0.25, 0.3) is 0 Å². The van der Waals surface area contributed by atoms with Crippen LogP contribution in [0.1, 0.15) is 13.3 Å². The molecule has 1 heterocycles. The highest BCUT2D eigenvalue weighted by Crippen LogP contribution is 2.45. The van der Waals surface area contributed by atoms with E-state index < -0.39 is 36.4 Å². The fourth-order valence-corrected chi connectivity index (χ4v) is 1.83. The quantitative estimate of drug-likeness (QED) is 0.823. The molecule has 18 heavy (non-hydrogen) atoms. The van der Waals surface area contributed by atoms with Crippen LogP contribution in [0, 0.1) is 5.41 Å². The molecule has 8 heteroatoms. The largest absolute Gasteiger partial charge is 0.481 e. The highest BCUT2D eigenvalue weighted by Gasteiger charge is 2.64. The Morgan fingerprint density at radius 1 is 1.44 bits per heavy atom. The molecule has 0 aromatic heterocycles. The zero-order valence-electron chi connectivity index (χ0n) is 9.79. The molecular weight excluding hydrogens is 255 g/mol. The number of rotatable bonds is 4. The van der Waals surface area contributed by atoms with Crippen molar-refractivity contribution in [2.45, 2.75) is 19.5 Å². The number of aliphatic carboxylic acids is 1. The first-order chi connectivity index (χ1) is 8.24. The molecule has 1 aliphatic rings. The Bertz CT molecular complexity index is 345. The van der Waals surface area contributed by atoms with Crippen LogP contribution in [0.15, 0.2) is 0 Å². The number of nitrogens with zero attached hydrogens (tertiary/aromatic N) is 1. The highest BCUT2D eigenvalue weighted by atomic mass is 19.4. The maximum absolute atomic E-state index is 12.8. The van der Waals surface area contributed by atoms with Crippen LogP contribution in [-0.2, 0) is 14.3 Å². The second-order valence-electron chi connectivity index (χ2n) is 4.09. The van der Waals surface area contributed by atoms with Gasteiger partial charge in [-0.15, -0.1) is 0 Å². The Morgan fingerprint density at radius 2 is 2.06 bits per heavy atom. The smallest absolute Gasteiger partial charge is 0.406 e. The summed E-state index contributed by atoms with van der Waals surface area (Å²) < 4.78 is 43.2. The van der Waals surface area contributed by atoms with E-state index in [1.165, 1.54) is 0 Å². The standard InChI is InChI=1S/C10H14F3NO4/c1-2-18-5-7(15)14-4-3-9(6-14,8(16)17)10(11,12)13/h2-6H2,1H3,(H,16,17). The SMILES string of the molecule is CCOCC(=O)N1CCC(C(=O)O)(C(F)(F)F)C1. The van der Waals surface area contributed by atoms with Crippen molar-refractivity contribution in [3.8, 4) is 0 Å². The molecule has 1 atom stereocenters. The van der Waals surface area contributed by atoms with Crippen molar-refractivity contribution in [1.29, 1.82) is 0 Å². The molecule has 1 N–H and O–H groups in total. The summed E-state index contributed by atoms with van der Waals surface area (Å²) in [6.45, 7) is 0.511. The van der Waals surface area contributed by atoms with Gasteiger partial charge in [0.25, 0.3) is 0 Å². The van der Waals surface area contributed by atoms with Gasteiger partial charge in [0.15, 0.2) is 5.41 Å². The van der Waals surface area contributed by atoms with Crippen LogP contribution in [0.2, 0.25) is 0 Å². The highest BCUT2D eigenvalue weighted by molar-refractivity contribution is 5.82. The lowest BCUT2D eigenvalue weighted by Gasteiger charge is -2.27. The van der Waals surface area contributed by atoms with Gasteiger partial charge in [0.2, 0.25) is 5.91 Å². The van der Waals surface area contributed by atoms with Crippen LogP contribution in [-0.4, -0.2) is 54.4 Å². The van der Waals surface area contributed by atoms with Crippen molar-refractivity contribution in [3.05, 3.63) is 0 Å². The molecule has 5 nitrogen and oxygen atoms in total. The first-order valence-corrected chi connectivity index (χ1v) is 5.40. The summed E-state index contributed by atoms with van der Waals surface area (Å²) in [5.74, 6) is -2.56. The van der Waals surface area contributed by atoms with Gasteiger partial charge < -0.3 is 14.7 Å². The van der Waals surface area contributed by atoms with Gasteiger partial charge in [-0.2, -0.15) is 13.2 Å². The van der Waals surface area contributed by atoms with Crippen LogP contribution < -0.4 is 0 Å². The molecule has 0 aromatic rings. The summed E-state index contributed by atoms with van der Waals surface area (Å²) in [5.41, 5.74) is -2.85. The monoisotopic (exact) mass is 269 g/mol. The number of likely N-dealkylation sites (tertiary alicyclic amines) is 1. The lowest BCUT2D eigenvalue weighted by molar-refractivity contribution is -0.227.